The lowest BCUT2D eigenvalue weighted by Gasteiger charge is -2.25. The summed E-state index contributed by atoms with van der Waals surface area (Å²) in [5, 5.41) is 6.03. The molecule has 128 valence electrons. The predicted molar refractivity (Wildman–Crippen MR) is 98.0 cm³/mol. The highest BCUT2D eigenvalue weighted by molar-refractivity contribution is 5.85. The molecule has 6 heteroatoms. The molecule has 0 heterocycles. The van der Waals surface area contributed by atoms with E-state index < -0.39 is 0 Å². The number of carbonyl (C=O) groups excluding carboxylic acids is 1. The van der Waals surface area contributed by atoms with Crippen molar-refractivity contribution in [1.82, 2.24) is 15.5 Å². The fraction of sp³-hybridized carbons (Fsp3) is 0.562. The third-order valence-corrected chi connectivity index (χ3v) is 3.56. The Kier molecular flexibility index (Phi) is 13.5. The van der Waals surface area contributed by atoms with Crippen molar-refractivity contribution >= 4 is 30.7 Å². The Morgan fingerprint density at radius 2 is 1.73 bits per heavy atom. The summed E-state index contributed by atoms with van der Waals surface area (Å²) in [6.07, 6.45) is 0. The van der Waals surface area contributed by atoms with E-state index in [0.29, 0.717) is 19.1 Å². The van der Waals surface area contributed by atoms with Crippen LogP contribution in [0.1, 0.15) is 19.4 Å². The highest BCUT2D eigenvalue weighted by Gasteiger charge is 2.14. The molecule has 0 bridgehead atoms. The summed E-state index contributed by atoms with van der Waals surface area (Å²) in [7, 11) is 3.95. The molecule has 1 aromatic carbocycles. The Bertz CT molecular complexity index is 404. The molecular formula is C16H29Cl2N3O. The fourth-order valence-corrected chi connectivity index (χ4v) is 2.00. The van der Waals surface area contributed by atoms with Gasteiger partial charge in [-0.15, -0.1) is 24.8 Å². The molecule has 1 amide bonds. The Labute approximate surface area is 146 Å². The van der Waals surface area contributed by atoms with Crippen molar-refractivity contribution in [3.63, 3.8) is 0 Å². The first-order valence-corrected chi connectivity index (χ1v) is 7.21. The second-order valence-corrected chi connectivity index (χ2v) is 5.45. The Morgan fingerprint density at radius 3 is 2.27 bits per heavy atom. The standard InChI is InChI=1S/C16H27N3O.2ClH/c1-13(10-17-3)16(20)18-11-14(2)19(4)12-15-8-6-5-7-9-15;;/h5-9,13-14,17H,10-12H2,1-4H3,(H,18,20);2*1H. The second kappa shape index (κ2) is 12.7. The van der Waals surface area contributed by atoms with Gasteiger partial charge in [-0.1, -0.05) is 37.3 Å². The lowest BCUT2D eigenvalue weighted by atomic mass is 10.1. The summed E-state index contributed by atoms with van der Waals surface area (Å²) in [5.74, 6) is 0.117. The van der Waals surface area contributed by atoms with Crippen LogP contribution in [-0.4, -0.2) is 44.0 Å². The summed E-state index contributed by atoms with van der Waals surface area (Å²) in [4.78, 5) is 14.1. The maximum absolute atomic E-state index is 11.8. The van der Waals surface area contributed by atoms with Crippen molar-refractivity contribution in [2.45, 2.75) is 26.4 Å². The smallest absolute Gasteiger partial charge is 0.224 e. The molecule has 0 aromatic heterocycles. The van der Waals surface area contributed by atoms with Crippen LogP contribution in [0.25, 0.3) is 0 Å². The molecule has 0 aliphatic rings. The van der Waals surface area contributed by atoms with Gasteiger partial charge >= 0.3 is 0 Å². The molecule has 1 aromatic rings. The van der Waals surface area contributed by atoms with Crippen LogP contribution in [0.4, 0.5) is 0 Å². The third-order valence-electron chi connectivity index (χ3n) is 3.56. The minimum atomic E-state index is 0. The predicted octanol–water partition coefficient (Wildman–Crippen LogP) is 2.32. The fourth-order valence-electron chi connectivity index (χ4n) is 2.00. The molecule has 0 fully saturated rings. The largest absolute Gasteiger partial charge is 0.354 e. The molecule has 0 radical (unpaired) electrons. The molecule has 2 atom stereocenters. The number of hydrogen-bond donors (Lipinski definition) is 2. The van der Waals surface area contributed by atoms with Crippen LogP contribution in [0.15, 0.2) is 30.3 Å². The quantitative estimate of drug-likeness (QED) is 0.756. The number of nitrogens with one attached hydrogen (secondary N) is 2. The van der Waals surface area contributed by atoms with Crippen molar-refractivity contribution in [2.75, 3.05) is 27.2 Å². The topological polar surface area (TPSA) is 44.4 Å². The zero-order valence-electron chi connectivity index (χ0n) is 13.8. The van der Waals surface area contributed by atoms with Gasteiger partial charge in [0.15, 0.2) is 0 Å². The number of likely N-dealkylation sites (N-methyl/N-ethyl adjacent to an activating group) is 1. The van der Waals surface area contributed by atoms with Crippen molar-refractivity contribution in [1.29, 1.82) is 0 Å². The average molecular weight is 350 g/mol. The molecule has 4 nitrogen and oxygen atoms in total. The van der Waals surface area contributed by atoms with Crippen LogP contribution in [0.5, 0.6) is 0 Å². The van der Waals surface area contributed by atoms with Gasteiger partial charge in [-0.2, -0.15) is 0 Å². The number of rotatable bonds is 8. The Balaban J connectivity index is 0. The van der Waals surface area contributed by atoms with Gasteiger partial charge in [0.2, 0.25) is 5.91 Å². The summed E-state index contributed by atoms with van der Waals surface area (Å²) < 4.78 is 0. The number of benzene rings is 1. The molecule has 0 aliphatic carbocycles. The van der Waals surface area contributed by atoms with Gasteiger partial charge in [-0.05, 0) is 26.6 Å². The van der Waals surface area contributed by atoms with E-state index in [4.69, 9.17) is 0 Å². The molecule has 22 heavy (non-hydrogen) atoms. The number of hydrogen-bond acceptors (Lipinski definition) is 3. The first-order valence-electron chi connectivity index (χ1n) is 7.21. The molecule has 2 N–H and O–H groups in total. The Morgan fingerprint density at radius 1 is 1.14 bits per heavy atom. The normalized spacial score (nSPS) is 12.8. The van der Waals surface area contributed by atoms with E-state index in [1.165, 1.54) is 5.56 Å². The molecule has 0 saturated heterocycles. The van der Waals surface area contributed by atoms with Crippen LogP contribution in [0, 0.1) is 5.92 Å². The van der Waals surface area contributed by atoms with E-state index in [0.717, 1.165) is 6.54 Å². The molecule has 0 saturated carbocycles. The van der Waals surface area contributed by atoms with Gasteiger partial charge in [-0.25, -0.2) is 0 Å². The van der Waals surface area contributed by atoms with Gasteiger partial charge < -0.3 is 10.6 Å². The zero-order valence-corrected chi connectivity index (χ0v) is 15.5. The third kappa shape index (κ3) is 8.59. The van der Waals surface area contributed by atoms with Crippen molar-refractivity contribution in [2.24, 2.45) is 5.92 Å². The number of amides is 1. The van der Waals surface area contributed by atoms with Crippen LogP contribution in [-0.2, 0) is 11.3 Å². The monoisotopic (exact) mass is 349 g/mol. The van der Waals surface area contributed by atoms with E-state index in [1.807, 2.05) is 20.0 Å². The van der Waals surface area contributed by atoms with E-state index in [2.05, 4.69) is 53.8 Å². The Hall–Kier alpha value is -0.810. The maximum atomic E-state index is 11.8. The van der Waals surface area contributed by atoms with Gasteiger partial charge in [0.1, 0.15) is 0 Å². The summed E-state index contributed by atoms with van der Waals surface area (Å²) in [5.41, 5.74) is 1.29. The van der Waals surface area contributed by atoms with E-state index in [-0.39, 0.29) is 36.6 Å². The van der Waals surface area contributed by atoms with Crippen LogP contribution in [0.3, 0.4) is 0 Å². The van der Waals surface area contributed by atoms with E-state index in [9.17, 15) is 4.79 Å². The number of halogens is 2. The van der Waals surface area contributed by atoms with E-state index in [1.54, 1.807) is 0 Å². The number of carbonyl (C=O) groups is 1. The zero-order chi connectivity index (χ0) is 15.0. The minimum absolute atomic E-state index is 0. The summed E-state index contributed by atoms with van der Waals surface area (Å²) >= 11 is 0. The first-order chi connectivity index (χ1) is 9.54. The molecule has 2 unspecified atom stereocenters. The lowest BCUT2D eigenvalue weighted by molar-refractivity contribution is -0.124. The van der Waals surface area contributed by atoms with E-state index >= 15 is 0 Å². The van der Waals surface area contributed by atoms with Gasteiger partial charge in [0.25, 0.3) is 0 Å². The van der Waals surface area contributed by atoms with Crippen LogP contribution >= 0.6 is 24.8 Å². The van der Waals surface area contributed by atoms with Crippen molar-refractivity contribution in [3.05, 3.63) is 35.9 Å². The van der Waals surface area contributed by atoms with Gasteiger partial charge in [0.05, 0.1) is 0 Å². The van der Waals surface area contributed by atoms with Gasteiger partial charge in [-0.3, -0.25) is 9.69 Å². The van der Waals surface area contributed by atoms with Crippen LogP contribution < -0.4 is 10.6 Å². The highest BCUT2D eigenvalue weighted by atomic mass is 35.5. The molecule has 0 spiro atoms. The first kappa shape index (κ1) is 23.5. The molecular weight excluding hydrogens is 321 g/mol. The average Bonchev–Trinajstić information content (AvgIpc) is 2.45. The second-order valence-electron chi connectivity index (χ2n) is 5.45. The summed E-state index contributed by atoms with van der Waals surface area (Å²) in [6, 6.07) is 10.7. The van der Waals surface area contributed by atoms with Crippen molar-refractivity contribution in [3.8, 4) is 0 Å². The SMILES string of the molecule is CNCC(C)C(=O)NCC(C)N(C)Cc1ccccc1.Cl.Cl. The highest BCUT2D eigenvalue weighted by Crippen LogP contribution is 2.05. The lowest BCUT2D eigenvalue weighted by Crippen LogP contribution is -2.42. The number of nitrogens with zero attached hydrogens (tertiary/aromatic N) is 1. The molecule has 1 rings (SSSR count). The van der Waals surface area contributed by atoms with Crippen LogP contribution in [0.2, 0.25) is 0 Å². The summed E-state index contributed by atoms with van der Waals surface area (Å²) in [6.45, 7) is 6.34. The minimum Gasteiger partial charge on any atom is -0.354 e. The van der Waals surface area contributed by atoms with Crippen molar-refractivity contribution < 1.29 is 4.79 Å². The van der Waals surface area contributed by atoms with Gasteiger partial charge in [0, 0.05) is 31.6 Å². The molecule has 0 aliphatic heterocycles. The maximum Gasteiger partial charge on any atom is 0.224 e.